The second-order valence-electron chi connectivity index (χ2n) is 3.77. The number of hydrogen-bond acceptors (Lipinski definition) is 2. The van der Waals surface area contributed by atoms with Crippen molar-refractivity contribution in [2.24, 2.45) is 0 Å². The molecule has 0 aliphatic heterocycles. The van der Waals surface area contributed by atoms with Crippen molar-refractivity contribution in [1.29, 1.82) is 0 Å². The van der Waals surface area contributed by atoms with Gasteiger partial charge in [0.15, 0.2) is 0 Å². The topological polar surface area (TPSA) is 20.3 Å². The van der Waals surface area contributed by atoms with Gasteiger partial charge in [-0.15, -0.1) is 0 Å². The van der Waals surface area contributed by atoms with E-state index in [1.807, 2.05) is 0 Å². The maximum atomic E-state index is 12.7. The van der Waals surface area contributed by atoms with E-state index in [0.29, 0.717) is 6.29 Å². The van der Waals surface area contributed by atoms with Gasteiger partial charge in [0, 0.05) is 12.1 Å². The van der Waals surface area contributed by atoms with Crippen LogP contribution < -0.4 is 0 Å². The predicted octanol–water partition coefficient (Wildman–Crippen LogP) is 2.58. The van der Waals surface area contributed by atoms with Gasteiger partial charge in [-0.3, -0.25) is 4.79 Å². The molecule has 0 spiro atoms. The van der Waals surface area contributed by atoms with Gasteiger partial charge in [-0.25, -0.2) is 0 Å². The summed E-state index contributed by atoms with van der Waals surface area (Å²) in [5, 5.41) is 0. The molecule has 0 aromatic heterocycles. The van der Waals surface area contributed by atoms with Crippen molar-refractivity contribution in [2.75, 3.05) is 14.1 Å². The molecule has 0 heterocycles. The molecule has 0 N–H and O–H groups in total. The van der Waals surface area contributed by atoms with Crippen LogP contribution in [0.5, 0.6) is 0 Å². The number of carbonyl (C=O) groups excluding carboxylic acids is 1. The molecule has 0 radical (unpaired) electrons. The fourth-order valence-electron chi connectivity index (χ4n) is 1.41. The van der Waals surface area contributed by atoms with Gasteiger partial charge in [0.2, 0.25) is 0 Å². The molecule has 1 aromatic rings. The van der Waals surface area contributed by atoms with Crippen molar-refractivity contribution in [3.63, 3.8) is 0 Å². The molecule has 1 rings (SSSR count). The van der Waals surface area contributed by atoms with Gasteiger partial charge in [0.1, 0.15) is 6.29 Å². The Balaban J connectivity index is 3.22. The van der Waals surface area contributed by atoms with Crippen LogP contribution in [0.1, 0.15) is 21.5 Å². The number of rotatable bonds is 3. The predicted molar refractivity (Wildman–Crippen MR) is 54.2 cm³/mol. The summed E-state index contributed by atoms with van der Waals surface area (Å²) < 4.78 is 38.0. The first-order valence-corrected chi connectivity index (χ1v) is 4.64. The summed E-state index contributed by atoms with van der Waals surface area (Å²) in [7, 11) is 3.38. The third-order valence-corrected chi connectivity index (χ3v) is 2.06. The van der Waals surface area contributed by atoms with Gasteiger partial charge in [0.25, 0.3) is 0 Å². The molecule has 1 aromatic carbocycles. The van der Waals surface area contributed by atoms with E-state index >= 15 is 0 Å². The van der Waals surface area contributed by atoms with Gasteiger partial charge in [0.05, 0.1) is 5.56 Å². The second kappa shape index (κ2) is 4.65. The van der Waals surface area contributed by atoms with E-state index in [2.05, 4.69) is 0 Å². The van der Waals surface area contributed by atoms with Crippen molar-refractivity contribution in [2.45, 2.75) is 12.7 Å². The van der Waals surface area contributed by atoms with Crippen LogP contribution in [0.4, 0.5) is 13.2 Å². The summed E-state index contributed by atoms with van der Waals surface area (Å²) in [4.78, 5) is 12.1. The summed E-state index contributed by atoms with van der Waals surface area (Å²) in [6.07, 6.45) is -4.01. The van der Waals surface area contributed by atoms with Crippen LogP contribution >= 0.6 is 0 Å². The van der Waals surface area contributed by atoms with Crippen molar-refractivity contribution in [3.8, 4) is 0 Å². The van der Waals surface area contributed by atoms with Crippen LogP contribution in [-0.2, 0) is 12.7 Å². The first-order valence-electron chi connectivity index (χ1n) is 4.64. The van der Waals surface area contributed by atoms with E-state index < -0.39 is 11.7 Å². The summed E-state index contributed by atoms with van der Waals surface area (Å²) >= 11 is 0. The largest absolute Gasteiger partial charge is 0.416 e. The summed E-state index contributed by atoms with van der Waals surface area (Å²) in [5.74, 6) is 0. The minimum Gasteiger partial charge on any atom is -0.305 e. The average molecular weight is 231 g/mol. The van der Waals surface area contributed by atoms with Crippen molar-refractivity contribution < 1.29 is 18.0 Å². The number of carbonyl (C=O) groups is 1. The molecule has 0 fully saturated rings. The molecule has 0 bridgehead atoms. The molecule has 88 valence electrons. The molecule has 0 atom stereocenters. The highest BCUT2D eigenvalue weighted by molar-refractivity contribution is 5.75. The van der Waals surface area contributed by atoms with Gasteiger partial charge in [-0.1, -0.05) is 12.1 Å². The molecule has 0 unspecified atom stereocenters. The highest BCUT2D eigenvalue weighted by Crippen LogP contribution is 2.32. The Kier molecular flexibility index (Phi) is 3.70. The molecular formula is C11H12F3NO. The molecule has 5 heteroatoms. The van der Waals surface area contributed by atoms with Crippen molar-refractivity contribution in [3.05, 3.63) is 34.9 Å². The molecule has 0 saturated heterocycles. The Morgan fingerprint density at radius 3 is 2.38 bits per heavy atom. The maximum Gasteiger partial charge on any atom is 0.416 e. The fraction of sp³-hybridized carbons (Fsp3) is 0.364. The van der Waals surface area contributed by atoms with Gasteiger partial charge < -0.3 is 4.90 Å². The Morgan fingerprint density at radius 1 is 1.31 bits per heavy atom. The van der Waals surface area contributed by atoms with E-state index in [4.69, 9.17) is 0 Å². The third-order valence-electron chi connectivity index (χ3n) is 2.06. The zero-order valence-electron chi connectivity index (χ0n) is 9.01. The van der Waals surface area contributed by atoms with E-state index in [1.165, 1.54) is 12.1 Å². The smallest absolute Gasteiger partial charge is 0.305 e. The van der Waals surface area contributed by atoms with Crippen molar-refractivity contribution in [1.82, 2.24) is 4.90 Å². The molecule has 16 heavy (non-hydrogen) atoms. The lowest BCUT2D eigenvalue weighted by molar-refractivity contribution is -0.138. The normalized spacial score (nSPS) is 11.9. The molecule has 0 aliphatic carbocycles. The SMILES string of the molecule is CN(C)Cc1ccc(C=O)cc1C(F)(F)F. The molecule has 2 nitrogen and oxygen atoms in total. The minimum absolute atomic E-state index is 0.0369. The highest BCUT2D eigenvalue weighted by Gasteiger charge is 2.33. The molecule has 0 saturated carbocycles. The fourth-order valence-corrected chi connectivity index (χ4v) is 1.41. The van der Waals surface area contributed by atoms with E-state index in [1.54, 1.807) is 19.0 Å². The monoisotopic (exact) mass is 231 g/mol. The summed E-state index contributed by atoms with van der Waals surface area (Å²) in [5.41, 5.74) is -0.538. The lowest BCUT2D eigenvalue weighted by Crippen LogP contribution is -2.16. The van der Waals surface area contributed by atoms with Gasteiger partial charge in [-0.2, -0.15) is 13.2 Å². The summed E-state index contributed by atoms with van der Waals surface area (Å²) in [6.45, 7) is 0.188. The van der Waals surface area contributed by atoms with Crippen LogP contribution in [-0.4, -0.2) is 25.3 Å². The average Bonchev–Trinajstić information content (AvgIpc) is 2.15. The third kappa shape index (κ3) is 3.06. The Morgan fingerprint density at radius 2 is 1.94 bits per heavy atom. The number of halogens is 3. The first-order chi connectivity index (χ1) is 7.34. The number of nitrogens with zero attached hydrogens (tertiary/aromatic N) is 1. The quantitative estimate of drug-likeness (QED) is 0.745. The number of benzene rings is 1. The Hall–Kier alpha value is -1.36. The molecule has 0 aliphatic rings. The number of alkyl halides is 3. The Labute approximate surface area is 91.7 Å². The van der Waals surface area contributed by atoms with E-state index in [9.17, 15) is 18.0 Å². The summed E-state index contributed by atoms with van der Waals surface area (Å²) in [6, 6.07) is 3.61. The van der Waals surface area contributed by atoms with Crippen molar-refractivity contribution >= 4 is 6.29 Å². The lowest BCUT2D eigenvalue weighted by Gasteiger charge is -2.16. The van der Waals surface area contributed by atoms with Crippen LogP contribution in [0, 0.1) is 0 Å². The van der Waals surface area contributed by atoms with E-state index in [0.717, 1.165) is 6.07 Å². The maximum absolute atomic E-state index is 12.7. The standard InChI is InChI=1S/C11H12F3NO/c1-15(2)6-9-4-3-8(7-16)5-10(9)11(12,13)14/h3-5,7H,6H2,1-2H3. The first kappa shape index (κ1) is 12.7. The number of hydrogen-bond donors (Lipinski definition) is 0. The van der Waals surface area contributed by atoms with Gasteiger partial charge in [-0.05, 0) is 25.7 Å². The highest BCUT2D eigenvalue weighted by atomic mass is 19.4. The Bertz CT molecular complexity index is 385. The second-order valence-corrected chi connectivity index (χ2v) is 3.77. The lowest BCUT2D eigenvalue weighted by atomic mass is 10.0. The van der Waals surface area contributed by atoms with Crippen LogP contribution in [0.25, 0.3) is 0 Å². The van der Waals surface area contributed by atoms with Crippen LogP contribution in [0.15, 0.2) is 18.2 Å². The van der Waals surface area contributed by atoms with Crippen LogP contribution in [0.2, 0.25) is 0 Å². The van der Waals surface area contributed by atoms with Crippen LogP contribution in [0.3, 0.4) is 0 Å². The van der Waals surface area contributed by atoms with E-state index in [-0.39, 0.29) is 17.7 Å². The number of aldehydes is 1. The molecule has 0 amide bonds. The minimum atomic E-state index is -4.43. The van der Waals surface area contributed by atoms with Gasteiger partial charge >= 0.3 is 6.18 Å². The zero-order chi connectivity index (χ0) is 12.3. The zero-order valence-corrected chi connectivity index (χ0v) is 9.01. The molecular weight excluding hydrogens is 219 g/mol.